The second-order valence-electron chi connectivity index (χ2n) is 9.35. The highest BCUT2D eigenvalue weighted by atomic mass is 16.5. The summed E-state index contributed by atoms with van der Waals surface area (Å²) in [6, 6.07) is 15.5. The number of anilines is 1. The van der Waals surface area contributed by atoms with E-state index >= 15 is 0 Å². The van der Waals surface area contributed by atoms with Gasteiger partial charge in [-0.2, -0.15) is 0 Å². The minimum Gasteiger partial charge on any atom is -0.468 e. The molecular weight excluding hydrogens is 470 g/mol. The van der Waals surface area contributed by atoms with E-state index in [-0.39, 0.29) is 30.8 Å². The van der Waals surface area contributed by atoms with Crippen molar-refractivity contribution in [3.05, 3.63) is 89.4 Å². The number of benzene rings is 2. The first-order valence-corrected chi connectivity index (χ1v) is 12.4. The molecule has 1 amide bonds. The number of hydrogen-bond acceptors (Lipinski definition) is 7. The number of aromatic nitrogens is 3. The van der Waals surface area contributed by atoms with Gasteiger partial charge in [0.05, 0.1) is 31.6 Å². The van der Waals surface area contributed by atoms with Crippen LogP contribution in [0.2, 0.25) is 0 Å². The van der Waals surface area contributed by atoms with Gasteiger partial charge in [-0.3, -0.25) is 14.4 Å². The molecule has 0 saturated heterocycles. The van der Waals surface area contributed by atoms with Crippen molar-refractivity contribution in [3.8, 4) is 0 Å². The summed E-state index contributed by atoms with van der Waals surface area (Å²) >= 11 is 0. The number of esters is 1. The number of ketones is 1. The first-order valence-electron chi connectivity index (χ1n) is 12.4. The predicted molar refractivity (Wildman–Crippen MR) is 137 cm³/mol. The summed E-state index contributed by atoms with van der Waals surface area (Å²) in [5.41, 5.74) is 4.25. The van der Waals surface area contributed by atoms with Crippen LogP contribution in [-0.2, 0) is 33.8 Å². The first kappa shape index (κ1) is 24.4. The van der Waals surface area contributed by atoms with E-state index in [1.807, 2.05) is 23.1 Å². The maximum atomic E-state index is 13.7. The summed E-state index contributed by atoms with van der Waals surface area (Å²) in [6.07, 6.45) is 8.07. The van der Waals surface area contributed by atoms with Crippen LogP contribution in [0.25, 0.3) is 0 Å². The molecule has 3 heterocycles. The molecule has 0 saturated carbocycles. The number of nitrogens with zero attached hydrogens (tertiary/aromatic N) is 5. The zero-order chi connectivity index (χ0) is 25.8. The molecule has 1 unspecified atom stereocenters. The standard InChI is InChI=1S/C28H29N5O4/c1-37-27(35)19-31-18-24-17-29-30-33(24)12-3-2-6-20-7-4-8-21(14-20)26-16-25(34)11-13-32(26)23-10-5-9-22(15-23)28(31)36/h4-5,7-11,13-15,17,26H,2-3,6,12,16,18-19H2,1H3. The average molecular weight is 500 g/mol. The molecule has 1 atom stereocenters. The van der Waals surface area contributed by atoms with E-state index in [0.29, 0.717) is 18.5 Å². The maximum Gasteiger partial charge on any atom is 0.325 e. The third-order valence-corrected chi connectivity index (χ3v) is 6.85. The maximum absolute atomic E-state index is 13.7. The van der Waals surface area contributed by atoms with Gasteiger partial charge < -0.3 is 14.5 Å². The molecule has 0 fully saturated rings. The number of fused-ring (bicyclic) bond motifs is 8. The smallest absolute Gasteiger partial charge is 0.325 e. The van der Waals surface area contributed by atoms with E-state index in [0.717, 1.165) is 36.2 Å². The third kappa shape index (κ3) is 5.45. The highest BCUT2D eigenvalue weighted by molar-refractivity contribution is 5.97. The van der Waals surface area contributed by atoms with Crippen LogP contribution in [-0.4, -0.2) is 51.2 Å². The second-order valence-corrected chi connectivity index (χ2v) is 9.35. The van der Waals surface area contributed by atoms with Gasteiger partial charge in [-0.05, 0) is 54.7 Å². The Hall–Kier alpha value is -4.27. The molecular formula is C28H29N5O4. The summed E-state index contributed by atoms with van der Waals surface area (Å²) < 4.78 is 6.65. The zero-order valence-electron chi connectivity index (χ0n) is 20.7. The van der Waals surface area contributed by atoms with Gasteiger partial charge in [-0.25, -0.2) is 4.68 Å². The fourth-order valence-corrected chi connectivity index (χ4v) is 4.90. The van der Waals surface area contributed by atoms with E-state index < -0.39 is 5.97 Å². The molecule has 1 aromatic heterocycles. The second kappa shape index (κ2) is 10.8. The van der Waals surface area contributed by atoms with Crippen LogP contribution in [0.5, 0.6) is 0 Å². The minimum absolute atomic E-state index is 0.0667. The van der Waals surface area contributed by atoms with Crippen molar-refractivity contribution in [1.82, 2.24) is 19.9 Å². The number of carbonyl (C=O) groups is 3. The van der Waals surface area contributed by atoms with Crippen LogP contribution < -0.4 is 4.90 Å². The van der Waals surface area contributed by atoms with Crippen molar-refractivity contribution in [2.75, 3.05) is 18.6 Å². The summed E-state index contributed by atoms with van der Waals surface area (Å²) in [5, 5.41) is 8.25. The molecule has 4 bridgehead atoms. The highest BCUT2D eigenvalue weighted by Gasteiger charge is 2.27. The van der Waals surface area contributed by atoms with Gasteiger partial charge in [0.15, 0.2) is 5.78 Å². The van der Waals surface area contributed by atoms with Gasteiger partial charge in [-0.1, -0.05) is 35.5 Å². The highest BCUT2D eigenvalue weighted by Crippen LogP contribution is 2.34. The molecule has 2 aliphatic rings. The fourth-order valence-electron chi connectivity index (χ4n) is 4.90. The number of methoxy groups -OCH3 is 1. The Labute approximate surface area is 215 Å². The lowest BCUT2D eigenvalue weighted by Crippen LogP contribution is -2.36. The largest absolute Gasteiger partial charge is 0.468 e. The fraction of sp³-hybridized carbons (Fsp3) is 0.321. The molecule has 3 aromatic rings. The molecule has 37 heavy (non-hydrogen) atoms. The molecule has 2 aliphatic heterocycles. The summed E-state index contributed by atoms with van der Waals surface area (Å²) in [7, 11) is 1.30. The number of aryl methyl sites for hydroxylation is 2. The van der Waals surface area contributed by atoms with Gasteiger partial charge in [-0.15, -0.1) is 5.10 Å². The molecule has 9 nitrogen and oxygen atoms in total. The lowest BCUT2D eigenvalue weighted by molar-refractivity contribution is -0.141. The number of ether oxygens (including phenoxy) is 1. The molecule has 9 heteroatoms. The van der Waals surface area contributed by atoms with Gasteiger partial charge in [0.2, 0.25) is 0 Å². The number of allylic oxidation sites excluding steroid dienone is 1. The molecule has 2 aromatic carbocycles. The van der Waals surface area contributed by atoms with Crippen molar-refractivity contribution < 1.29 is 19.1 Å². The molecule has 0 radical (unpaired) electrons. The Kier molecular flexibility index (Phi) is 7.11. The third-order valence-electron chi connectivity index (χ3n) is 6.85. The Balaban J connectivity index is 1.57. The SMILES string of the molecule is COC(=O)CN1Cc2cnnn2CCCCc2cccc(c2)C2CC(=O)C=CN2c2cccc(c2)C1=O. The van der Waals surface area contributed by atoms with E-state index in [9.17, 15) is 14.4 Å². The molecule has 0 aliphatic carbocycles. The van der Waals surface area contributed by atoms with Crippen LogP contribution in [0.15, 0.2) is 67.0 Å². The summed E-state index contributed by atoms with van der Waals surface area (Å²) in [4.78, 5) is 41.8. The molecule has 0 N–H and O–H groups in total. The average Bonchev–Trinajstić information content (AvgIpc) is 3.36. The van der Waals surface area contributed by atoms with Gasteiger partial charge >= 0.3 is 5.97 Å². The van der Waals surface area contributed by atoms with E-state index in [2.05, 4.69) is 28.5 Å². The Morgan fingerprint density at radius 3 is 2.84 bits per heavy atom. The number of rotatable bonds is 2. The van der Waals surface area contributed by atoms with Gasteiger partial charge in [0, 0.05) is 30.4 Å². The zero-order valence-corrected chi connectivity index (χ0v) is 20.7. The number of amides is 1. The van der Waals surface area contributed by atoms with Crippen molar-refractivity contribution >= 4 is 23.3 Å². The molecule has 190 valence electrons. The van der Waals surface area contributed by atoms with Crippen molar-refractivity contribution in [1.29, 1.82) is 0 Å². The van der Waals surface area contributed by atoms with Crippen molar-refractivity contribution in [2.24, 2.45) is 0 Å². The minimum atomic E-state index is -0.508. The van der Waals surface area contributed by atoms with E-state index in [1.54, 1.807) is 35.3 Å². The first-order chi connectivity index (χ1) is 18.0. The van der Waals surface area contributed by atoms with Crippen LogP contribution >= 0.6 is 0 Å². The van der Waals surface area contributed by atoms with Crippen LogP contribution in [0.1, 0.15) is 52.5 Å². The molecule has 0 spiro atoms. The molecule has 5 rings (SSSR count). The topological polar surface area (TPSA) is 97.6 Å². The van der Waals surface area contributed by atoms with E-state index in [4.69, 9.17) is 4.74 Å². The quantitative estimate of drug-likeness (QED) is 0.498. The normalized spacial score (nSPS) is 18.1. The van der Waals surface area contributed by atoms with Gasteiger partial charge in [0.25, 0.3) is 5.91 Å². The lowest BCUT2D eigenvalue weighted by atomic mass is 9.94. The monoisotopic (exact) mass is 499 g/mol. The number of hydrogen-bond donors (Lipinski definition) is 0. The predicted octanol–water partition coefficient (Wildman–Crippen LogP) is 3.46. The Morgan fingerprint density at radius 2 is 1.97 bits per heavy atom. The summed E-state index contributed by atoms with van der Waals surface area (Å²) in [5.74, 6) is -0.747. The van der Waals surface area contributed by atoms with Crippen LogP contribution in [0.3, 0.4) is 0 Å². The van der Waals surface area contributed by atoms with Crippen molar-refractivity contribution in [3.63, 3.8) is 0 Å². The Bertz CT molecular complexity index is 1350. The summed E-state index contributed by atoms with van der Waals surface area (Å²) in [6.45, 7) is 0.629. The Morgan fingerprint density at radius 1 is 1.11 bits per heavy atom. The lowest BCUT2D eigenvalue weighted by Gasteiger charge is -2.34. The van der Waals surface area contributed by atoms with Crippen molar-refractivity contribution in [2.45, 2.75) is 44.8 Å². The van der Waals surface area contributed by atoms with E-state index in [1.165, 1.54) is 17.6 Å². The number of carbonyl (C=O) groups excluding carboxylic acids is 3. The van der Waals surface area contributed by atoms with Gasteiger partial charge in [0.1, 0.15) is 6.54 Å². The van der Waals surface area contributed by atoms with Crippen LogP contribution in [0.4, 0.5) is 5.69 Å². The van der Waals surface area contributed by atoms with Crippen LogP contribution in [0, 0.1) is 0 Å².